The molecule has 0 saturated carbocycles. The van der Waals surface area contributed by atoms with Gasteiger partial charge in [0.05, 0.1) is 0 Å². The number of aromatic nitrogens is 2. The van der Waals surface area contributed by atoms with Gasteiger partial charge in [0.15, 0.2) is 0 Å². The lowest BCUT2D eigenvalue weighted by Crippen LogP contribution is -2.16. The molecule has 0 amide bonds. The molecule has 0 aromatic carbocycles. The minimum absolute atomic E-state index is 0.185. The highest BCUT2D eigenvalue weighted by Gasteiger charge is 2.28. The molecule has 0 unspecified atom stereocenters. The van der Waals surface area contributed by atoms with Crippen molar-refractivity contribution in [2.75, 3.05) is 0 Å². The zero-order valence-electron chi connectivity index (χ0n) is 6.51. The maximum atomic E-state index is 12.0. The summed E-state index contributed by atoms with van der Waals surface area (Å²) >= 11 is 4.52. The van der Waals surface area contributed by atoms with Crippen LogP contribution in [-0.4, -0.2) is 15.3 Å². The van der Waals surface area contributed by atoms with Crippen molar-refractivity contribution in [1.82, 2.24) is 9.78 Å². The van der Waals surface area contributed by atoms with Crippen LogP contribution in [0.4, 0.5) is 8.78 Å². The van der Waals surface area contributed by atoms with Crippen LogP contribution in [0.1, 0.15) is 5.69 Å². The number of aryl methyl sites for hydroxylation is 2. The number of hydrogen-bond acceptors (Lipinski definition) is 2. The molecule has 6 heteroatoms. The molecule has 0 aliphatic heterocycles. The Balaban J connectivity index is 2.77. The van der Waals surface area contributed by atoms with Crippen LogP contribution < -0.4 is 4.74 Å². The van der Waals surface area contributed by atoms with Crippen molar-refractivity contribution in [2.45, 2.75) is 12.5 Å². The van der Waals surface area contributed by atoms with Gasteiger partial charge in [-0.2, -0.15) is 0 Å². The molecule has 1 heterocycles. The van der Waals surface area contributed by atoms with Gasteiger partial charge in [-0.3, -0.25) is 4.68 Å². The SMILES string of the molecule is Cc1cc(OC(F)(F)Cl)nn1C. The maximum absolute atomic E-state index is 12.0. The molecule has 0 fully saturated rings. The van der Waals surface area contributed by atoms with Gasteiger partial charge in [0.25, 0.3) is 0 Å². The summed E-state index contributed by atoms with van der Waals surface area (Å²) in [5.41, 5.74) is -2.98. The van der Waals surface area contributed by atoms with Crippen LogP contribution >= 0.6 is 11.6 Å². The Hall–Kier alpha value is -0.840. The molecule has 0 radical (unpaired) electrons. The van der Waals surface area contributed by atoms with E-state index >= 15 is 0 Å². The quantitative estimate of drug-likeness (QED) is 0.676. The molecule has 1 aromatic heterocycles. The number of nitrogens with zero attached hydrogens (tertiary/aromatic N) is 2. The van der Waals surface area contributed by atoms with Crippen LogP contribution in [0.3, 0.4) is 0 Å². The van der Waals surface area contributed by atoms with Crippen molar-refractivity contribution in [3.63, 3.8) is 0 Å². The lowest BCUT2D eigenvalue weighted by atomic mass is 10.5. The molecule has 3 nitrogen and oxygen atoms in total. The number of halogens is 3. The molecule has 0 atom stereocenters. The first kappa shape index (κ1) is 9.25. The van der Waals surface area contributed by atoms with Crippen molar-refractivity contribution >= 4 is 11.6 Å². The fourth-order valence-corrected chi connectivity index (χ4v) is 0.775. The molecular formula is C6H7ClF2N2O. The van der Waals surface area contributed by atoms with Crippen LogP contribution in [-0.2, 0) is 7.05 Å². The van der Waals surface area contributed by atoms with E-state index in [1.165, 1.54) is 10.7 Å². The van der Waals surface area contributed by atoms with E-state index in [0.29, 0.717) is 5.69 Å². The van der Waals surface area contributed by atoms with Gasteiger partial charge in [-0.25, -0.2) is 0 Å². The molecule has 1 aromatic rings. The van der Waals surface area contributed by atoms with Gasteiger partial charge in [-0.1, -0.05) is 0 Å². The lowest BCUT2D eigenvalue weighted by molar-refractivity contribution is -0.0993. The van der Waals surface area contributed by atoms with Gasteiger partial charge in [-0.05, 0) is 6.92 Å². The summed E-state index contributed by atoms with van der Waals surface area (Å²) in [6.45, 7) is 1.71. The third-order valence-corrected chi connectivity index (χ3v) is 1.39. The number of rotatable bonds is 2. The highest BCUT2D eigenvalue weighted by molar-refractivity contribution is 6.20. The van der Waals surface area contributed by atoms with Crippen molar-refractivity contribution < 1.29 is 13.5 Å². The van der Waals surface area contributed by atoms with Crippen molar-refractivity contribution in [1.29, 1.82) is 0 Å². The predicted octanol–water partition coefficient (Wildman–Crippen LogP) is 1.90. The molecule has 12 heavy (non-hydrogen) atoms. The van der Waals surface area contributed by atoms with Gasteiger partial charge in [0, 0.05) is 30.4 Å². The van der Waals surface area contributed by atoms with Crippen molar-refractivity contribution in [3.05, 3.63) is 11.8 Å². The molecule has 0 saturated heterocycles. The lowest BCUT2D eigenvalue weighted by Gasteiger charge is -2.05. The second-order valence-electron chi connectivity index (χ2n) is 2.30. The molecule has 0 aliphatic carbocycles. The fraction of sp³-hybridized carbons (Fsp3) is 0.500. The molecule has 0 bridgehead atoms. The first-order valence-electron chi connectivity index (χ1n) is 3.15. The summed E-state index contributed by atoms with van der Waals surface area (Å²) in [5.74, 6) is -0.185. The largest absolute Gasteiger partial charge is 0.488 e. The first-order valence-corrected chi connectivity index (χ1v) is 3.52. The number of hydrogen-bond donors (Lipinski definition) is 0. The normalized spacial score (nSPS) is 11.8. The van der Waals surface area contributed by atoms with E-state index in [-0.39, 0.29) is 5.88 Å². The molecule has 0 spiro atoms. The highest BCUT2D eigenvalue weighted by atomic mass is 35.5. The van der Waals surface area contributed by atoms with Crippen molar-refractivity contribution in [3.8, 4) is 5.88 Å². The Morgan fingerprint density at radius 3 is 2.58 bits per heavy atom. The van der Waals surface area contributed by atoms with E-state index in [1.54, 1.807) is 14.0 Å². The van der Waals surface area contributed by atoms with Gasteiger partial charge in [0.2, 0.25) is 5.88 Å². The molecule has 68 valence electrons. The summed E-state index contributed by atoms with van der Waals surface area (Å²) in [6, 6.07) is 1.37. The Morgan fingerprint density at radius 2 is 2.25 bits per heavy atom. The number of alkyl halides is 3. The highest BCUT2D eigenvalue weighted by Crippen LogP contribution is 2.23. The van der Waals surface area contributed by atoms with Crippen LogP contribution in [0.5, 0.6) is 5.88 Å². The summed E-state index contributed by atoms with van der Waals surface area (Å²) in [7, 11) is 1.62. The zero-order valence-corrected chi connectivity index (χ0v) is 7.27. The molecule has 1 rings (SSSR count). The van der Waals surface area contributed by atoms with Gasteiger partial charge in [-0.15, -0.1) is 13.9 Å². The second kappa shape index (κ2) is 2.90. The Labute approximate surface area is 72.9 Å². The van der Waals surface area contributed by atoms with E-state index < -0.39 is 5.57 Å². The van der Waals surface area contributed by atoms with Crippen LogP contribution in [0.15, 0.2) is 6.07 Å². The smallest absolute Gasteiger partial charge is 0.400 e. The topological polar surface area (TPSA) is 27.1 Å². The van der Waals surface area contributed by atoms with E-state index in [2.05, 4.69) is 21.4 Å². The summed E-state index contributed by atoms with van der Waals surface area (Å²) in [6.07, 6.45) is 0. The minimum Gasteiger partial charge on any atom is -0.400 e. The first-order chi connectivity index (χ1) is 5.38. The molecular weight excluding hydrogens is 190 g/mol. The molecule has 0 aliphatic rings. The average molecular weight is 197 g/mol. The van der Waals surface area contributed by atoms with Crippen LogP contribution in [0.2, 0.25) is 0 Å². The van der Waals surface area contributed by atoms with Gasteiger partial charge in [0.1, 0.15) is 0 Å². The maximum Gasteiger partial charge on any atom is 0.488 e. The Morgan fingerprint density at radius 1 is 1.67 bits per heavy atom. The number of ether oxygens (including phenoxy) is 1. The van der Waals surface area contributed by atoms with Crippen LogP contribution in [0, 0.1) is 6.92 Å². The summed E-state index contributed by atoms with van der Waals surface area (Å²) < 4.78 is 29.5. The molecule has 0 N–H and O–H groups in total. The van der Waals surface area contributed by atoms with Crippen molar-refractivity contribution in [2.24, 2.45) is 7.05 Å². The van der Waals surface area contributed by atoms with Gasteiger partial charge < -0.3 is 4.74 Å². The standard InChI is InChI=1S/C6H7ClF2N2O/c1-4-3-5(10-11(4)2)12-6(7,8)9/h3H,1-2H3. The van der Waals surface area contributed by atoms with E-state index in [1.807, 2.05) is 0 Å². The summed E-state index contributed by atoms with van der Waals surface area (Å²) in [5, 5.41) is 3.63. The second-order valence-corrected chi connectivity index (χ2v) is 2.74. The van der Waals surface area contributed by atoms with Crippen LogP contribution in [0.25, 0.3) is 0 Å². The monoisotopic (exact) mass is 196 g/mol. The zero-order chi connectivity index (χ0) is 9.35. The summed E-state index contributed by atoms with van der Waals surface area (Å²) in [4.78, 5) is 0. The Kier molecular flexibility index (Phi) is 2.23. The average Bonchev–Trinajstić information content (AvgIpc) is 2.07. The third kappa shape index (κ3) is 2.34. The third-order valence-electron chi connectivity index (χ3n) is 1.31. The fourth-order valence-electron chi connectivity index (χ4n) is 0.696. The van der Waals surface area contributed by atoms with E-state index in [9.17, 15) is 8.78 Å². The van der Waals surface area contributed by atoms with E-state index in [4.69, 9.17) is 0 Å². The predicted molar refractivity (Wildman–Crippen MR) is 39.4 cm³/mol. The Bertz CT molecular complexity index is 262. The minimum atomic E-state index is -3.69. The van der Waals surface area contributed by atoms with Gasteiger partial charge >= 0.3 is 5.57 Å². The van der Waals surface area contributed by atoms with E-state index in [0.717, 1.165) is 0 Å².